The normalized spacial score (nSPS) is 9.67. The SMILES string of the molecule is N#Cc1c(Br)ccc(CC(=O)O)c1CCl. The van der Waals surface area contributed by atoms with Crippen molar-refractivity contribution in [1.82, 2.24) is 0 Å². The van der Waals surface area contributed by atoms with E-state index in [1.165, 1.54) is 0 Å². The van der Waals surface area contributed by atoms with E-state index < -0.39 is 5.97 Å². The standard InChI is InChI=1S/C10H7BrClNO2/c11-9-2-1-6(3-10(14)15)7(4-12)8(9)5-13/h1-2H,3-4H2,(H,14,15). The molecule has 0 saturated heterocycles. The van der Waals surface area contributed by atoms with E-state index in [0.717, 1.165) is 0 Å². The number of carbonyl (C=O) groups is 1. The summed E-state index contributed by atoms with van der Waals surface area (Å²) in [4.78, 5) is 10.6. The van der Waals surface area contributed by atoms with Gasteiger partial charge in [-0.2, -0.15) is 5.26 Å². The van der Waals surface area contributed by atoms with Crippen LogP contribution in [-0.2, 0) is 17.1 Å². The highest BCUT2D eigenvalue weighted by Gasteiger charge is 2.13. The van der Waals surface area contributed by atoms with Gasteiger partial charge < -0.3 is 5.11 Å². The summed E-state index contributed by atoms with van der Waals surface area (Å²) in [6, 6.07) is 5.33. The van der Waals surface area contributed by atoms with Crippen molar-refractivity contribution in [3.05, 3.63) is 33.3 Å². The van der Waals surface area contributed by atoms with Crippen LogP contribution in [0.25, 0.3) is 0 Å². The maximum absolute atomic E-state index is 10.6. The molecule has 1 N–H and O–H groups in total. The molecule has 0 aromatic heterocycles. The number of nitrogens with zero attached hydrogens (tertiary/aromatic N) is 1. The molecule has 0 unspecified atom stereocenters. The maximum atomic E-state index is 10.6. The number of carboxylic acid groups (broad SMARTS) is 1. The molecule has 0 aliphatic heterocycles. The third kappa shape index (κ3) is 2.71. The molecule has 0 radical (unpaired) electrons. The minimum atomic E-state index is -0.937. The maximum Gasteiger partial charge on any atom is 0.307 e. The van der Waals surface area contributed by atoms with Crippen LogP contribution in [0.4, 0.5) is 0 Å². The van der Waals surface area contributed by atoms with E-state index in [1.54, 1.807) is 12.1 Å². The van der Waals surface area contributed by atoms with Crippen molar-refractivity contribution in [2.24, 2.45) is 0 Å². The number of halogens is 2. The summed E-state index contributed by atoms with van der Waals surface area (Å²) in [5.41, 5.74) is 1.57. The molecule has 1 rings (SSSR count). The van der Waals surface area contributed by atoms with Gasteiger partial charge in [-0.25, -0.2) is 0 Å². The van der Waals surface area contributed by atoms with E-state index in [9.17, 15) is 4.79 Å². The Kier molecular flexibility index (Phi) is 4.13. The van der Waals surface area contributed by atoms with E-state index in [0.29, 0.717) is 21.2 Å². The Morgan fingerprint density at radius 1 is 1.60 bits per heavy atom. The summed E-state index contributed by atoms with van der Waals surface area (Å²) in [7, 11) is 0. The molecule has 78 valence electrons. The van der Waals surface area contributed by atoms with Gasteiger partial charge in [-0.3, -0.25) is 4.79 Å². The predicted octanol–water partition coefficient (Wildman–Crippen LogP) is 2.69. The molecule has 0 heterocycles. The molecule has 0 aliphatic rings. The molecule has 0 spiro atoms. The first-order chi connectivity index (χ1) is 7.10. The summed E-state index contributed by atoms with van der Waals surface area (Å²) in [5, 5.41) is 17.6. The number of carboxylic acids is 1. The van der Waals surface area contributed by atoms with Crippen molar-refractivity contribution in [3.8, 4) is 6.07 Å². The largest absolute Gasteiger partial charge is 0.481 e. The molecule has 0 bridgehead atoms. The Bertz CT molecular complexity index is 440. The molecule has 0 atom stereocenters. The molecular weight excluding hydrogens is 281 g/mol. The lowest BCUT2D eigenvalue weighted by Gasteiger charge is -2.08. The molecule has 5 heteroatoms. The van der Waals surface area contributed by atoms with Crippen LogP contribution in [0.2, 0.25) is 0 Å². The summed E-state index contributed by atoms with van der Waals surface area (Å²) >= 11 is 8.93. The minimum absolute atomic E-state index is 0.121. The second-order valence-electron chi connectivity index (χ2n) is 2.88. The Hall–Kier alpha value is -1.05. The smallest absolute Gasteiger partial charge is 0.307 e. The van der Waals surface area contributed by atoms with Crippen molar-refractivity contribution in [2.75, 3.05) is 0 Å². The van der Waals surface area contributed by atoms with Gasteiger partial charge in [0.15, 0.2) is 0 Å². The van der Waals surface area contributed by atoms with E-state index in [-0.39, 0.29) is 12.3 Å². The second kappa shape index (κ2) is 5.15. The van der Waals surface area contributed by atoms with Crippen molar-refractivity contribution in [2.45, 2.75) is 12.3 Å². The highest BCUT2D eigenvalue weighted by molar-refractivity contribution is 9.10. The van der Waals surface area contributed by atoms with Crippen molar-refractivity contribution < 1.29 is 9.90 Å². The van der Waals surface area contributed by atoms with Crippen LogP contribution < -0.4 is 0 Å². The van der Waals surface area contributed by atoms with E-state index in [2.05, 4.69) is 15.9 Å². The molecule has 0 fully saturated rings. The van der Waals surface area contributed by atoms with Crippen molar-refractivity contribution in [3.63, 3.8) is 0 Å². The van der Waals surface area contributed by atoms with Gasteiger partial charge in [-0.1, -0.05) is 6.07 Å². The fourth-order valence-corrected chi connectivity index (χ4v) is 2.03. The van der Waals surface area contributed by atoms with Gasteiger partial charge in [0.2, 0.25) is 0 Å². The van der Waals surface area contributed by atoms with Gasteiger partial charge in [0.05, 0.1) is 12.0 Å². The topological polar surface area (TPSA) is 61.1 Å². The number of rotatable bonds is 3. The summed E-state index contributed by atoms with van der Waals surface area (Å²) in [6.45, 7) is 0. The van der Waals surface area contributed by atoms with E-state index in [4.69, 9.17) is 22.0 Å². The van der Waals surface area contributed by atoms with Gasteiger partial charge in [0.25, 0.3) is 0 Å². The fourth-order valence-electron chi connectivity index (χ4n) is 1.26. The van der Waals surface area contributed by atoms with Crippen molar-refractivity contribution >= 4 is 33.5 Å². The van der Waals surface area contributed by atoms with Gasteiger partial charge in [0.1, 0.15) is 6.07 Å². The highest BCUT2D eigenvalue weighted by Crippen LogP contribution is 2.25. The molecule has 0 aliphatic carbocycles. The lowest BCUT2D eigenvalue weighted by atomic mass is 10.0. The van der Waals surface area contributed by atoms with Crippen LogP contribution in [-0.4, -0.2) is 11.1 Å². The Labute approximate surface area is 100 Å². The lowest BCUT2D eigenvalue weighted by Crippen LogP contribution is -2.04. The number of alkyl halides is 1. The van der Waals surface area contributed by atoms with Crippen LogP contribution in [0.1, 0.15) is 16.7 Å². The highest BCUT2D eigenvalue weighted by atomic mass is 79.9. The Morgan fingerprint density at radius 2 is 2.27 bits per heavy atom. The first-order valence-corrected chi connectivity index (χ1v) is 5.41. The predicted molar refractivity (Wildman–Crippen MR) is 59.8 cm³/mol. The number of hydrogen-bond donors (Lipinski definition) is 1. The first-order valence-electron chi connectivity index (χ1n) is 4.08. The van der Waals surface area contributed by atoms with Crippen LogP contribution >= 0.6 is 27.5 Å². The fraction of sp³-hybridized carbons (Fsp3) is 0.200. The monoisotopic (exact) mass is 287 g/mol. The van der Waals surface area contributed by atoms with Crippen LogP contribution in [0.5, 0.6) is 0 Å². The van der Waals surface area contributed by atoms with Crippen molar-refractivity contribution in [1.29, 1.82) is 5.26 Å². The molecule has 15 heavy (non-hydrogen) atoms. The minimum Gasteiger partial charge on any atom is -0.481 e. The van der Waals surface area contributed by atoms with E-state index >= 15 is 0 Å². The van der Waals surface area contributed by atoms with Gasteiger partial charge in [-0.15, -0.1) is 11.6 Å². The third-order valence-corrected chi connectivity index (χ3v) is 2.87. The zero-order valence-corrected chi connectivity index (χ0v) is 9.97. The van der Waals surface area contributed by atoms with Crippen LogP contribution in [0.15, 0.2) is 16.6 Å². The summed E-state index contributed by atoms with van der Waals surface area (Å²) in [5.74, 6) is -0.808. The van der Waals surface area contributed by atoms with Crippen LogP contribution in [0.3, 0.4) is 0 Å². The quantitative estimate of drug-likeness (QED) is 0.870. The molecule has 0 amide bonds. The number of benzene rings is 1. The Morgan fingerprint density at radius 3 is 2.73 bits per heavy atom. The number of hydrogen-bond acceptors (Lipinski definition) is 2. The zero-order valence-electron chi connectivity index (χ0n) is 7.63. The lowest BCUT2D eigenvalue weighted by molar-refractivity contribution is -0.136. The molecule has 3 nitrogen and oxygen atoms in total. The van der Waals surface area contributed by atoms with Gasteiger partial charge >= 0.3 is 5.97 Å². The average Bonchev–Trinajstić information content (AvgIpc) is 2.19. The Balaban J connectivity index is 3.30. The zero-order chi connectivity index (χ0) is 11.4. The van der Waals surface area contributed by atoms with Crippen LogP contribution in [0, 0.1) is 11.3 Å². The first kappa shape index (κ1) is 12.0. The third-order valence-electron chi connectivity index (χ3n) is 1.95. The summed E-state index contributed by atoms with van der Waals surface area (Å²) in [6.07, 6.45) is -0.121. The molecule has 1 aromatic rings. The number of nitriles is 1. The number of aliphatic carboxylic acids is 1. The van der Waals surface area contributed by atoms with E-state index in [1.807, 2.05) is 6.07 Å². The second-order valence-corrected chi connectivity index (χ2v) is 4.00. The average molecular weight is 289 g/mol. The molecule has 0 saturated carbocycles. The molecule has 1 aromatic carbocycles. The summed E-state index contributed by atoms with van der Waals surface area (Å²) < 4.78 is 0.634. The van der Waals surface area contributed by atoms with Gasteiger partial charge in [-0.05, 0) is 33.1 Å². The van der Waals surface area contributed by atoms with Gasteiger partial charge in [0, 0.05) is 10.4 Å². The molecular formula is C10H7BrClNO2.